The number of nitrogens with two attached hydrogens (primary N) is 1. The number of carbonyl (C=O) groups is 2. The van der Waals surface area contributed by atoms with E-state index in [9.17, 15) is 9.59 Å². The number of amides is 2. The number of phenolic OH excluding ortho intramolecular Hbond substituents is 1. The number of hydrogen-bond acceptors (Lipinski definition) is 4. The Kier molecular flexibility index (Phi) is 5.13. The molecule has 0 bridgehead atoms. The number of likely N-dealkylation sites (N-methyl/N-ethyl adjacent to an activating group) is 1. The molecular formula is C12H17N3O3. The van der Waals surface area contributed by atoms with E-state index in [-0.39, 0.29) is 18.2 Å². The second-order valence-corrected chi connectivity index (χ2v) is 3.92. The summed E-state index contributed by atoms with van der Waals surface area (Å²) in [5.74, 6) is -0.735. The number of aromatic hydroxyl groups is 1. The molecule has 1 aromatic rings. The van der Waals surface area contributed by atoms with Gasteiger partial charge < -0.3 is 21.5 Å². The van der Waals surface area contributed by atoms with Crippen molar-refractivity contribution < 1.29 is 14.7 Å². The lowest BCUT2D eigenvalue weighted by Gasteiger charge is -2.15. The zero-order valence-corrected chi connectivity index (χ0v) is 10.1. The predicted octanol–water partition coefficient (Wildman–Crippen LogP) is -0.876. The number of hydrogen-bond donors (Lipinski definition) is 4. The zero-order chi connectivity index (χ0) is 13.5. The molecule has 1 atom stereocenters. The Bertz CT molecular complexity index is 417. The molecule has 0 saturated heterocycles. The number of nitrogens with one attached hydrogen (secondary N) is 2. The van der Waals surface area contributed by atoms with Gasteiger partial charge in [0.25, 0.3) is 0 Å². The van der Waals surface area contributed by atoms with Gasteiger partial charge in [0.15, 0.2) is 0 Å². The van der Waals surface area contributed by atoms with Gasteiger partial charge in [-0.15, -0.1) is 0 Å². The SMILES string of the molecule is CNCC(=O)N[C@@H](Cc1ccc(O)cc1)C(N)=O. The maximum atomic E-state index is 11.4. The molecule has 0 aliphatic rings. The maximum Gasteiger partial charge on any atom is 0.240 e. The topological polar surface area (TPSA) is 104 Å². The average Bonchev–Trinajstić information content (AvgIpc) is 2.31. The van der Waals surface area contributed by atoms with Crippen LogP contribution in [0.3, 0.4) is 0 Å². The van der Waals surface area contributed by atoms with E-state index in [0.717, 1.165) is 5.56 Å². The van der Waals surface area contributed by atoms with Gasteiger partial charge in [0.1, 0.15) is 11.8 Å². The molecule has 0 aliphatic heterocycles. The first-order chi connectivity index (χ1) is 8.52. The Hall–Kier alpha value is -2.08. The van der Waals surface area contributed by atoms with E-state index in [1.54, 1.807) is 19.2 Å². The van der Waals surface area contributed by atoms with Crippen LogP contribution in [0.5, 0.6) is 5.75 Å². The summed E-state index contributed by atoms with van der Waals surface area (Å²) in [4.78, 5) is 22.6. The Labute approximate surface area is 105 Å². The Morgan fingerprint density at radius 2 is 1.94 bits per heavy atom. The molecule has 98 valence electrons. The first kappa shape index (κ1) is 14.0. The van der Waals surface area contributed by atoms with Crippen LogP contribution in [0, 0.1) is 0 Å². The highest BCUT2D eigenvalue weighted by molar-refractivity contribution is 5.87. The molecule has 0 aromatic heterocycles. The van der Waals surface area contributed by atoms with E-state index < -0.39 is 11.9 Å². The maximum absolute atomic E-state index is 11.4. The summed E-state index contributed by atoms with van der Waals surface area (Å²) in [6.45, 7) is 0.124. The van der Waals surface area contributed by atoms with E-state index in [4.69, 9.17) is 10.8 Å². The zero-order valence-electron chi connectivity index (χ0n) is 10.1. The van der Waals surface area contributed by atoms with Crippen molar-refractivity contribution in [3.8, 4) is 5.75 Å². The lowest BCUT2D eigenvalue weighted by Crippen LogP contribution is -2.48. The lowest BCUT2D eigenvalue weighted by atomic mass is 10.1. The van der Waals surface area contributed by atoms with Gasteiger partial charge in [-0.05, 0) is 24.7 Å². The molecule has 0 heterocycles. The smallest absolute Gasteiger partial charge is 0.240 e. The molecule has 0 aliphatic carbocycles. The molecule has 1 aromatic carbocycles. The number of benzene rings is 1. The Morgan fingerprint density at radius 1 is 1.33 bits per heavy atom. The van der Waals surface area contributed by atoms with Crippen molar-refractivity contribution in [2.24, 2.45) is 5.73 Å². The van der Waals surface area contributed by atoms with Gasteiger partial charge in [0.05, 0.1) is 6.54 Å². The van der Waals surface area contributed by atoms with Crippen LogP contribution in [0.15, 0.2) is 24.3 Å². The van der Waals surface area contributed by atoms with Gasteiger partial charge in [-0.2, -0.15) is 0 Å². The minimum Gasteiger partial charge on any atom is -0.508 e. The number of primary amides is 1. The molecule has 6 nitrogen and oxygen atoms in total. The largest absolute Gasteiger partial charge is 0.508 e. The predicted molar refractivity (Wildman–Crippen MR) is 66.9 cm³/mol. The van der Waals surface area contributed by atoms with Crippen molar-refractivity contribution in [3.05, 3.63) is 29.8 Å². The summed E-state index contributed by atoms with van der Waals surface area (Å²) in [6.07, 6.45) is 0.297. The Morgan fingerprint density at radius 3 is 2.44 bits per heavy atom. The molecule has 6 heteroatoms. The Balaban J connectivity index is 2.65. The van der Waals surface area contributed by atoms with E-state index in [1.807, 2.05) is 0 Å². The molecule has 1 rings (SSSR count). The molecule has 2 amide bonds. The van der Waals surface area contributed by atoms with Crippen LogP contribution in [0.1, 0.15) is 5.56 Å². The van der Waals surface area contributed by atoms with Gasteiger partial charge in [-0.25, -0.2) is 0 Å². The molecular weight excluding hydrogens is 234 g/mol. The van der Waals surface area contributed by atoms with Crippen molar-refractivity contribution in [2.45, 2.75) is 12.5 Å². The van der Waals surface area contributed by atoms with Crippen LogP contribution in [0.4, 0.5) is 0 Å². The van der Waals surface area contributed by atoms with E-state index >= 15 is 0 Å². The highest BCUT2D eigenvalue weighted by atomic mass is 16.3. The van der Waals surface area contributed by atoms with E-state index in [0.29, 0.717) is 6.42 Å². The molecule has 0 unspecified atom stereocenters. The fourth-order valence-corrected chi connectivity index (χ4v) is 1.50. The summed E-state index contributed by atoms with van der Waals surface area (Å²) in [5, 5.41) is 14.4. The average molecular weight is 251 g/mol. The number of phenols is 1. The molecule has 0 fully saturated rings. The van der Waals surface area contributed by atoms with Crippen molar-refractivity contribution in [3.63, 3.8) is 0 Å². The molecule has 0 saturated carbocycles. The fourth-order valence-electron chi connectivity index (χ4n) is 1.50. The summed E-state index contributed by atoms with van der Waals surface area (Å²) in [5.41, 5.74) is 6.04. The first-order valence-corrected chi connectivity index (χ1v) is 5.54. The second kappa shape index (κ2) is 6.61. The van der Waals surface area contributed by atoms with Crippen LogP contribution in [-0.2, 0) is 16.0 Å². The quantitative estimate of drug-likeness (QED) is 0.527. The van der Waals surface area contributed by atoms with Crippen molar-refractivity contribution in [2.75, 3.05) is 13.6 Å². The van der Waals surface area contributed by atoms with Crippen LogP contribution < -0.4 is 16.4 Å². The molecule has 18 heavy (non-hydrogen) atoms. The number of carbonyl (C=O) groups excluding carboxylic acids is 2. The fraction of sp³-hybridized carbons (Fsp3) is 0.333. The highest BCUT2D eigenvalue weighted by Gasteiger charge is 2.18. The lowest BCUT2D eigenvalue weighted by molar-refractivity contribution is -0.126. The third-order valence-corrected chi connectivity index (χ3v) is 2.39. The van der Waals surface area contributed by atoms with Crippen molar-refractivity contribution >= 4 is 11.8 Å². The third kappa shape index (κ3) is 4.42. The van der Waals surface area contributed by atoms with Crippen LogP contribution in [0.2, 0.25) is 0 Å². The van der Waals surface area contributed by atoms with Crippen LogP contribution >= 0.6 is 0 Å². The van der Waals surface area contributed by atoms with E-state index in [1.165, 1.54) is 12.1 Å². The molecule has 5 N–H and O–H groups in total. The van der Waals surface area contributed by atoms with Gasteiger partial charge >= 0.3 is 0 Å². The second-order valence-electron chi connectivity index (χ2n) is 3.92. The first-order valence-electron chi connectivity index (χ1n) is 5.54. The third-order valence-electron chi connectivity index (χ3n) is 2.39. The van der Waals surface area contributed by atoms with Crippen LogP contribution in [0.25, 0.3) is 0 Å². The summed E-state index contributed by atoms with van der Waals surface area (Å²) in [6, 6.07) is 5.63. The van der Waals surface area contributed by atoms with Crippen LogP contribution in [-0.4, -0.2) is 36.6 Å². The normalized spacial score (nSPS) is 11.8. The monoisotopic (exact) mass is 251 g/mol. The molecule has 0 spiro atoms. The molecule has 0 radical (unpaired) electrons. The van der Waals surface area contributed by atoms with Gasteiger partial charge in [-0.1, -0.05) is 12.1 Å². The minimum atomic E-state index is -0.754. The highest BCUT2D eigenvalue weighted by Crippen LogP contribution is 2.11. The van der Waals surface area contributed by atoms with E-state index in [2.05, 4.69) is 10.6 Å². The van der Waals surface area contributed by atoms with Crippen molar-refractivity contribution in [1.82, 2.24) is 10.6 Å². The van der Waals surface area contributed by atoms with Gasteiger partial charge in [0, 0.05) is 6.42 Å². The number of rotatable bonds is 6. The summed E-state index contributed by atoms with van der Waals surface area (Å²) >= 11 is 0. The van der Waals surface area contributed by atoms with Gasteiger partial charge in [-0.3, -0.25) is 9.59 Å². The van der Waals surface area contributed by atoms with Gasteiger partial charge in [0.2, 0.25) is 11.8 Å². The minimum absolute atomic E-state index is 0.124. The standard InChI is InChI=1S/C12H17N3O3/c1-14-7-11(17)15-10(12(13)18)6-8-2-4-9(16)5-3-8/h2-5,10,14,16H,6-7H2,1H3,(H2,13,18)(H,15,17)/t10-/m0/s1. The van der Waals surface area contributed by atoms with Crippen molar-refractivity contribution in [1.29, 1.82) is 0 Å². The summed E-state index contributed by atoms with van der Waals surface area (Å²) in [7, 11) is 1.64. The summed E-state index contributed by atoms with van der Waals surface area (Å²) < 4.78 is 0.